The summed E-state index contributed by atoms with van der Waals surface area (Å²) in [6, 6.07) is 10.3. The van der Waals surface area contributed by atoms with E-state index in [9.17, 15) is 13.6 Å². The monoisotopic (exact) mass is 409 g/mol. The Morgan fingerprint density at radius 2 is 2.00 bits per heavy atom. The maximum absolute atomic E-state index is 13.9. The standard InChI is InChI=1S/C22H17F2N3O3/c1-13(30-17-9-15-8-16(23)11-19(24)21(15)25-12-17)18-10-14(22(28)29-2)4-5-20(18)27-7-3-6-26-27/h3-13H,1-2H3/t13-/m0/s1. The van der Waals surface area contributed by atoms with Crippen LogP contribution in [0.4, 0.5) is 8.78 Å². The molecular formula is C22H17F2N3O3. The number of nitrogens with zero attached hydrogens (tertiary/aromatic N) is 3. The van der Waals surface area contributed by atoms with E-state index in [4.69, 9.17) is 9.47 Å². The number of halogens is 2. The fourth-order valence-corrected chi connectivity index (χ4v) is 3.23. The van der Waals surface area contributed by atoms with Gasteiger partial charge in [-0.2, -0.15) is 5.10 Å². The number of benzene rings is 2. The third-order valence-corrected chi connectivity index (χ3v) is 4.63. The van der Waals surface area contributed by atoms with E-state index in [1.807, 2.05) is 0 Å². The number of fused-ring (bicyclic) bond motifs is 1. The van der Waals surface area contributed by atoms with Crippen molar-refractivity contribution in [3.05, 3.63) is 83.8 Å². The number of carbonyl (C=O) groups is 1. The molecule has 1 atom stereocenters. The molecule has 0 N–H and O–H groups in total. The van der Waals surface area contributed by atoms with E-state index in [2.05, 4.69) is 10.1 Å². The Kier molecular flexibility index (Phi) is 5.14. The maximum Gasteiger partial charge on any atom is 0.337 e. The van der Waals surface area contributed by atoms with Crippen molar-refractivity contribution in [3.63, 3.8) is 0 Å². The number of aromatic nitrogens is 3. The Bertz CT molecular complexity index is 1230. The summed E-state index contributed by atoms with van der Waals surface area (Å²) in [7, 11) is 1.31. The lowest BCUT2D eigenvalue weighted by Crippen LogP contribution is -2.11. The number of esters is 1. The number of hydrogen-bond acceptors (Lipinski definition) is 5. The van der Waals surface area contributed by atoms with Gasteiger partial charge in [0.05, 0.1) is 24.6 Å². The average Bonchev–Trinajstić information content (AvgIpc) is 3.27. The van der Waals surface area contributed by atoms with Gasteiger partial charge < -0.3 is 9.47 Å². The minimum Gasteiger partial charge on any atom is -0.484 e. The average molecular weight is 409 g/mol. The first-order valence-electron chi connectivity index (χ1n) is 9.10. The van der Waals surface area contributed by atoms with Crippen LogP contribution < -0.4 is 4.74 Å². The molecule has 0 saturated carbocycles. The van der Waals surface area contributed by atoms with Crippen molar-refractivity contribution < 1.29 is 23.0 Å². The van der Waals surface area contributed by atoms with E-state index in [0.717, 1.165) is 6.07 Å². The van der Waals surface area contributed by atoms with Crippen LogP contribution in [0.3, 0.4) is 0 Å². The molecule has 4 aromatic rings. The fourth-order valence-electron chi connectivity index (χ4n) is 3.23. The molecule has 0 radical (unpaired) electrons. The van der Waals surface area contributed by atoms with Crippen LogP contribution in [0.1, 0.15) is 28.9 Å². The van der Waals surface area contributed by atoms with Gasteiger partial charge in [-0.05, 0) is 43.3 Å². The number of carbonyl (C=O) groups excluding carboxylic acids is 1. The zero-order chi connectivity index (χ0) is 21.3. The number of ether oxygens (including phenoxy) is 2. The molecule has 6 nitrogen and oxygen atoms in total. The topological polar surface area (TPSA) is 66.2 Å². The largest absolute Gasteiger partial charge is 0.484 e. The molecule has 0 bridgehead atoms. The Morgan fingerprint density at radius 3 is 2.73 bits per heavy atom. The molecule has 152 valence electrons. The van der Waals surface area contributed by atoms with Crippen molar-refractivity contribution in [3.8, 4) is 11.4 Å². The van der Waals surface area contributed by atoms with E-state index in [0.29, 0.717) is 22.6 Å². The number of rotatable bonds is 5. The van der Waals surface area contributed by atoms with Gasteiger partial charge in [-0.1, -0.05) is 0 Å². The van der Waals surface area contributed by atoms with Gasteiger partial charge in [-0.15, -0.1) is 0 Å². The first-order valence-corrected chi connectivity index (χ1v) is 9.10. The Morgan fingerprint density at radius 1 is 1.17 bits per heavy atom. The molecule has 2 aromatic heterocycles. The van der Waals surface area contributed by atoms with Gasteiger partial charge in [0.15, 0.2) is 5.82 Å². The molecule has 30 heavy (non-hydrogen) atoms. The third-order valence-electron chi connectivity index (χ3n) is 4.63. The van der Waals surface area contributed by atoms with Crippen LogP contribution in [0.2, 0.25) is 0 Å². The van der Waals surface area contributed by atoms with Crippen LogP contribution in [-0.2, 0) is 4.74 Å². The summed E-state index contributed by atoms with van der Waals surface area (Å²) in [6.45, 7) is 1.79. The molecule has 2 aromatic carbocycles. The highest BCUT2D eigenvalue weighted by Gasteiger charge is 2.18. The Labute approximate surface area is 170 Å². The lowest BCUT2D eigenvalue weighted by molar-refractivity contribution is 0.0600. The van der Waals surface area contributed by atoms with E-state index >= 15 is 0 Å². The smallest absolute Gasteiger partial charge is 0.337 e. The van der Waals surface area contributed by atoms with E-state index in [-0.39, 0.29) is 10.9 Å². The van der Waals surface area contributed by atoms with Crippen LogP contribution in [0.25, 0.3) is 16.6 Å². The highest BCUT2D eigenvalue weighted by atomic mass is 19.1. The van der Waals surface area contributed by atoms with Gasteiger partial charge in [-0.3, -0.25) is 0 Å². The maximum atomic E-state index is 13.9. The molecule has 0 spiro atoms. The van der Waals surface area contributed by atoms with Gasteiger partial charge in [-0.25, -0.2) is 23.2 Å². The number of hydrogen-bond donors (Lipinski definition) is 0. The molecule has 0 fully saturated rings. The highest BCUT2D eigenvalue weighted by Crippen LogP contribution is 2.29. The number of pyridine rings is 1. The predicted octanol–water partition coefficient (Wildman–Crippen LogP) is 4.63. The molecule has 0 aliphatic carbocycles. The van der Waals surface area contributed by atoms with E-state index in [1.165, 1.54) is 25.4 Å². The molecule has 8 heteroatoms. The normalized spacial score (nSPS) is 12.0. The summed E-state index contributed by atoms with van der Waals surface area (Å²) in [5.74, 6) is -1.58. The third kappa shape index (κ3) is 3.71. The lowest BCUT2D eigenvalue weighted by Gasteiger charge is -2.19. The van der Waals surface area contributed by atoms with Crippen molar-refractivity contribution in [1.29, 1.82) is 0 Å². The zero-order valence-corrected chi connectivity index (χ0v) is 16.2. The second-order valence-corrected chi connectivity index (χ2v) is 6.61. The number of methoxy groups -OCH3 is 1. The molecule has 0 amide bonds. The van der Waals surface area contributed by atoms with Gasteiger partial charge >= 0.3 is 5.97 Å². The molecule has 0 saturated heterocycles. The quantitative estimate of drug-likeness (QED) is 0.450. The predicted molar refractivity (Wildman–Crippen MR) is 106 cm³/mol. The molecule has 0 aliphatic rings. The van der Waals surface area contributed by atoms with Crippen LogP contribution in [0.5, 0.6) is 5.75 Å². The van der Waals surface area contributed by atoms with Crippen molar-refractivity contribution in [2.24, 2.45) is 0 Å². The first-order chi connectivity index (χ1) is 14.5. The Balaban J connectivity index is 1.72. The molecular weight excluding hydrogens is 392 g/mol. The SMILES string of the molecule is COC(=O)c1ccc(-n2cccn2)c([C@H](C)Oc2cnc3c(F)cc(F)cc3c2)c1. The lowest BCUT2D eigenvalue weighted by atomic mass is 10.0. The summed E-state index contributed by atoms with van der Waals surface area (Å²) < 4.78 is 39.9. The van der Waals surface area contributed by atoms with Crippen molar-refractivity contribution in [1.82, 2.24) is 14.8 Å². The first kappa shape index (κ1) is 19.5. The Hall–Kier alpha value is -3.81. The summed E-state index contributed by atoms with van der Waals surface area (Å²) in [5, 5.41) is 4.53. The summed E-state index contributed by atoms with van der Waals surface area (Å²) in [4.78, 5) is 16.0. The molecule has 0 aliphatic heterocycles. The molecule has 4 rings (SSSR count). The van der Waals surface area contributed by atoms with Gasteiger partial charge in [0, 0.05) is 29.4 Å². The fraction of sp³-hybridized carbons (Fsp3) is 0.136. The van der Waals surface area contributed by atoms with Crippen molar-refractivity contribution >= 4 is 16.9 Å². The van der Waals surface area contributed by atoms with Crippen molar-refractivity contribution in [2.45, 2.75) is 13.0 Å². The van der Waals surface area contributed by atoms with Crippen LogP contribution >= 0.6 is 0 Å². The zero-order valence-electron chi connectivity index (χ0n) is 16.2. The van der Waals surface area contributed by atoms with Crippen LogP contribution in [0.15, 0.2) is 61.1 Å². The van der Waals surface area contributed by atoms with E-state index in [1.54, 1.807) is 48.3 Å². The summed E-state index contributed by atoms with van der Waals surface area (Å²) >= 11 is 0. The van der Waals surface area contributed by atoms with Crippen LogP contribution in [0, 0.1) is 11.6 Å². The van der Waals surface area contributed by atoms with Crippen LogP contribution in [-0.4, -0.2) is 27.8 Å². The second-order valence-electron chi connectivity index (χ2n) is 6.61. The highest BCUT2D eigenvalue weighted by molar-refractivity contribution is 5.90. The van der Waals surface area contributed by atoms with Gasteiger partial charge in [0.25, 0.3) is 0 Å². The minimum atomic E-state index is -0.739. The summed E-state index contributed by atoms with van der Waals surface area (Å²) in [6.07, 6.45) is 4.25. The molecule has 2 heterocycles. The van der Waals surface area contributed by atoms with E-state index < -0.39 is 23.7 Å². The van der Waals surface area contributed by atoms with Crippen molar-refractivity contribution in [2.75, 3.05) is 7.11 Å². The summed E-state index contributed by atoms with van der Waals surface area (Å²) in [5.41, 5.74) is 1.80. The van der Waals surface area contributed by atoms with Gasteiger partial charge in [0.1, 0.15) is 23.2 Å². The molecule has 0 unspecified atom stereocenters. The second kappa shape index (κ2) is 7.90. The van der Waals surface area contributed by atoms with Gasteiger partial charge in [0.2, 0.25) is 0 Å². The minimum absolute atomic E-state index is 0.0568.